The summed E-state index contributed by atoms with van der Waals surface area (Å²) in [6.45, 7) is 15.0. The molecule has 228 valence electrons. The van der Waals surface area contributed by atoms with Crippen LogP contribution in [0.25, 0.3) is 0 Å². The molecule has 0 fully saturated rings. The normalized spacial score (nSPS) is 10.8. The van der Waals surface area contributed by atoms with Crippen LogP contribution in [0.2, 0.25) is 0 Å². The monoisotopic (exact) mass is 558 g/mol. The molecule has 1 unspecified atom stereocenters. The Kier molecular flexibility index (Phi) is 35.3. The van der Waals surface area contributed by atoms with Gasteiger partial charge in [-0.15, -0.1) is 0 Å². The molecule has 1 atom stereocenters. The molecule has 6 nitrogen and oxygen atoms in total. The quantitative estimate of drug-likeness (QED) is 0.0820. The first kappa shape index (κ1) is 41.5. The maximum atomic E-state index is 11.7. The van der Waals surface area contributed by atoms with Crippen LogP contribution in [0, 0.1) is 0 Å². The van der Waals surface area contributed by atoms with Gasteiger partial charge in [-0.05, 0) is 50.2 Å². The number of allylic oxidation sites excluding steroid dienone is 4. The molecule has 0 saturated heterocycles. The van der Waals surface area contributed by atoms with Gasteiger partial charge in [-0.2, -0.15) is 0 Å². The number of hydrogen-bond donors (Lipinski definition) is 1. The number of carbonyl (C=O) groups is 3. The Morgan fingerprint density at radius 1 is 1.10 bits per heavy atom. The van der Waals surface area contributed by atoms with Crippen molar-refractivity contribution in [2.45, 2.75) is 105 Å². The van der Waals surface area contributed by atoms with E-state index >= 15 is 0 Å². The summed E-state index contributed by atoms with van der Waals surface area (Å²) in [4.78, 5) is 32.9. The van der Waals surface area contributed by atoms with E-state index in [1.54, 1.807) is 20.2 Å². The highest BCUT2D eigenvalue weighted by Gasteiger charge is 2.12. The summed E-state index contributed by atoms with van der Waals surface area (Å²) in [5, 5.41) is 2.66. The molecule has 0 radical (unpaired) electrons. The summed E-state index contributed by atoms with van der Waals surface area (Å²) < 4.78 is 5.21. The highest BCUT2D eigenvalue weighted by Crippen LogP contribution is 2.13. The molecule has 0 aliphatic heterocycles. The second kappa shape index (κ2) is 34.0. The van der Waals surface area contributed by atoms with Gasteiger partial charge < -0.3 is 19.7 Å². The zero-order valence-corrected chi connectivity index (χ0v) is 26.3. The topological polar surface area (TPSA) is 75.7 Å². The Morgan fingerprint density at radius 3 is 2.30 bits per heavy atom. The molecule has 0 spiro atoms. The number of aryl methyl sites for hydroxylation is 1. The summed E-state index contributed by atoms with van der Waals surface area (Å²) in [6.07, 6.45) is 20.8. The van der Waals surface area contributed by atoms with Gasteiger partial charge in [-0.3, -0.25) is 9.59 Å². The molecule has 1 rings (SSSR count). The van der Waals surface area contributed by atoms with Crippen molar-refractivity contribution in [3.05, 3.63) is 72.4 Å². The van der Waals surface area contributed by atoms with E-state index in [4.69, 9.17) is 9.53 Å². The molecule has 2 amide bonds. The minimum atomic E-state index is 0.115. The van der Waals surface area contributed by atoms with Crippen LogP contribution in [-0.4, -0.2) is 50.8 Å². The van der Waals surface area contributed by atoms with Crippen LogP contribution in [0.1, 0.15) is 96.6 Å². The van der Waals surface area contributed by atoms with E-state index in [-0.39, 0.29) is 11.9 Å². The number of ether oxygens (including phenoxy) is 1. The molecule has 0 aliphatic carbocycles. The SMILES string of the molecule is C=C/C=C/C.C=O.CC.CCCC(/C=C/CCc1cccc(COC)c1)N(C=O)CCCCCCCC(=O)NC. The Balaban J connectivity index is -0.00000134. The summed E-state index contributed by atoms with van der Waals surface area (Å²) in [5.74, 6) is 0.115. The lowest BCUT2D eigenvalue weighted by Crippen LogP contribution is -2.33. The van der Waals surface area contributed by atoms with E-state index in [2.05, 4.69) is 55.2 Å². The van der Waals surface area contributed by atoms with Crippen molar-refractivity contribution < 1.29 is 19.1 Å². The van der Waals surface area contributed by atoms with Crippen LogP contribution < -0.4 is 5.32 Å². The van der Waals surface area contributed by atoms with Gasteiger partial charge in [0.05, 0.1) is 6.61 Å². The summed E-state index contributed by atoms with van der Waals surface area (Å²) in [5.41, 5.74) is 2.52. The summed E-state index contributed by atoms with van der Waals surface area (Å²) in [7, 11) is 3.40. The van der Waals surface area contributed by atoms with Crippen molar-refractivity contribution >= 4 is 19.1 Å². The molecule has 1 aromatic rings. The Morgan fingerprint density at radius 2 is 1.75 bits per heavy atom. The minimum Gasteiger partial charge on any atom is -0.380 e. The lowest BCUT2D eigenvalue weighted by atomic mass is 10.0. The van der Waals surface area contributed by atoms with Crippen LogP contribution in [0.5, 0.6) is 0 Å². The van der Waals surface area contributed by atoms with Crippen molar-refractivity contribution in [1.82, 2.24) is 10.2 Å². The molecular weight excluding hydrogens is 500 g/mol. The number of hydrogen-bond acceptors (Lipinski definition) is 4. The molecule has 0 aromatic heterocycles. The first-order valence-corrected chi connectivity index (χ1v) is 14.7. The highest BCUT2D eigenvalue weighted by molar-refractivity contribution is 5.75. The highest BCUT2D eigenvalue weighted by atomic mass is 16.5. The zero-order chi connectivity index (χ0) is 30.9. The molecule has 1 aromatic carbocycles. The van der Waals surface area contributed by atoms with Crippen molar-refractivity contribution in [2.24, 2.45) is 0 Å². The van der Waals surface area contributed by atoms with Crippen LogP contribution in [-0.2, 0) is 32.1 Å². The van der Waals surface area contributed by atoms with Gasteiger partial charge in [0, 0.05) is 33.2 Å². The maximum Gasteiger partial charge on any atom is 0.219 e. The number of nitrogens with zero attached hydrogens (tertiary/aromatic N) is 1. The maximum absolute atomic E-state index is 11.7. The van der Waals surface area contributed by atoms with Gasteiger partial charge in [0.25, 0.3) is 0 Å². The molecule has 40 heavy (non-hydrogen) atoms. The first-order chi connectivity index (χ1) is 19.6. The molecular formula is C34H58N2O4. The van der Waals surface area contributed by atoms with Gasteiger partial charge in [0.15, 0.2) is 0 Å². The van der Waals surface area contributed by atoms with Gasteiger partial charge in [-0.1, -0.05) is 108 Å². The van der Waals surface area contributed by atoms with E-state index < -0.39 is 0 Å². The largest absolute Gasteiger partial charge is 0.380 e. The predicted octanol–water partition coefficient (Wildman–Crippen LogP) is 7.63. The van der Waals surface area contributed by atoms with Crippen LogP contribution in [0.4, 0.5) is 0 Å². The fourth-order valence-electron chi connectivity index (χ4n) is 3.88. The third kappa shape index (κ3) is 25.3. The van der Waals surface area contributed by atoms with Crippen molar-refractivity contribution in [2.75, 3.05) is 20.7 Å². The van der Waals surface area contributed by atoms with Crippen molar-refractivity contribution in [3.63, 3.8) is 0 Å². The number of amides is 2. The summed E-state index contributed by atoms with van der Waals surface area (Å²) in [6, 6.07) is 8.70. The summed E-state index contributed by atoms with van der Waals surface area (Å²) >= 11 is 0. The number of carbonyl (C=O) groups excluding carboxylic acids is 3. The number of rotatable bonds is 19. The molecule has 0 bridgehead atoms. The fraction of sp³-hybridized carbons (Fsp3) is 0.559. The molecule has 0 aliphatic rings. The Labute approximate surface area is 246 Å². The van der Waals surface area contributed by atoms with Crippen LogP contribution in [0.15, 0.2) is 61.2 Å². The number of unbranched alkanes of at least 4 members (excludes halogenated alkanes) is 4. The van der Waals surface area contributed by atoms with Crippen molar-refractivity contribution in [1.29, 1.82) is 0 Å². The Bertz CT molecular complexity index is 777. The second-order valence-corrected chi connectivity index (χ2v) is 8.87. The van der Waals surface area contributed by atoms with Crippen LogP contribution >= 0.6 is 0 Å². The molecule has 1 N–H and O–H groups in total. The lowest BCUT2D eigenvalue weighted by molar-refractivity contribution is -0.121. The Hall–Kier alpha value is -2.99. The molecule has 0 heterocycles. The van der Waals surface area contributed by atoms with Gasteiger partial charge in [0.1, 0.15) is 6.79 Å². The average molecular weight is 559 g/mol. The zero-order valence-electron chi connectivity index (χ0n) is 26.3. The van der Waals surface area contributed by atoms with Crippen LogP contribution in [0.3, 0.4) is 0 Å². The molecule has 0 saturated carbocycles. The van der Waals surface area contributed by atoms with Gasteiger partial charge >= 0.3 is 0 Å². The standard InChI is InChI=1S/C26H42N2O3.C5H8.C2H6.CH2O/c1-4-13-25(17-10-9-14-23-15-12-16-24(20-23)21-31-3)28(22-29)19-11-7-5-6-8-18-26(30)27-2;1-3-5-4-2;2*1-2/h10,12,15-17,20,22,25H,4-9,11,13-14,18-19,21H2,1-3H3,(H,27,30);3-5H,1H2,2H3;1-2H3;1H2/b17-10+;5-4+;;. The average Bonchev–Trinajstić information content (AvgIpc) is 2.99. The number of methoxy groups -OCH3 is 1. The van der Waals surface area contributed by atoms with Gasteiger partial charge in [-0.25, -0.2) is 0 Å². The fourth-order valence-corrected chi connectivity index (χ4v) is 3.88. The minimum absolute atomic E-state index is 0.115. The predicted molar refractivity (Wildman–Crippen MR) is 171 cm³/mol. The van der Waals surface area contributed by atoms with E-state index in [9.17, 15) is 9.59 Å². The third-order valence-electron chi connectivity index (χ3n) is 5.83. The number of benzene rings is 1. The second-order valence-electron chi connectivity index (χ2n) is 8.87. The lowest BCUT2D eigenvalue weighted by Gasteiger charge is -2.26. The van der Waals surface area contributed by atoms with E-state index in [1.807, 2.05) is 44.6 Å². The van der Waals surface area contributed by atoms with E-state index in [0.29, 0.717) is 13.0 Å². The third-order valence-corrected chi connectivity index (χ3v) is 5.83. The smallest absolute Gasteiger partial charge is 0.219 e. The van der Waals surface area contributed by atoms with Crippen molar-refractivity contribution in [3.8, 4) is 0 Å². The van der Waals surface area contributed by atoms with E-state index in [0.717, 1.165) is 70.7 Å². The van der Waals surface area contributed by atoms with E-state index in [1.165, 1.54) is 11.1 Å². The number of nitrogens with one attached hydrogen (secondary N) is 1. The van der Waals surface area contributed by atoms with Gasteiger partial charge in [0.2, 0.25) is 12.3 Å². The first-order valence-electron chi connectivity index (χ1n) is 14.7. The molecule has 6 heteroatoms.